The van der Waals surface area contributed by atoms with E-state index < -0.39 is 50.8 Å². The second-order valence-corrected chi connectivity index (χ2v) is 8.23. The Bertz CT molecular complexity index is 1240. The molecule has 1 unspecified atom stereocenters. The van der Waals surface area contributed by atoms with Crippen molar-refractivity contribution in [2.24, 2.45) is 0 Å². The van der Waals surface area contributed by atoms with Crippen molar-refractivity contribution in [2.45, 2.75) is 32.5 Å². The molecule has 0 bridgehead atoms. The fourth-order valence-electron chi connectivity index (χ4n) is 2.39. The van der Waals surface area contributed by atoms with E-state index in [4.69, 9.17) is 17.4 Å². The molecule has 1 atom stereocenters. The maximum Gasteiger partial charge on any atom is 0.433 e. The highest BCUT2D eigenvalue weighted by molar-refractivity contribution is 7.88. The Kier molecular flexibility index (Phi) is 6.87. The van der Waals surface area contributed by atoms with E-state index in [2.05, 4.69) is 4.72 Å². The highest BCUT2D eigenvalue weighted by Crippen LogP contribution is 2.26. The van der Waals surface area contributed by atoms with Gasteiger partial charge in [-0.25, -0.2) is 18.8 Å². The van der Waals surface area contributed by atoms with Gasteiger partial charge in [0.2, 0.25) is 0 Å². The van der Waals surface area contributed by atoms with Crippen LogP contribution in [0.3, 0.4) is 0 Å². The maximum atomic E-state index is 12.9. The Morgan fingerprint density at radius 1 is 1.26 bits per heavy atom. The van der Waals surface area contributed by atoms with Gasteiger partial charge in [0.25, 0.3) is 11.5 Å². The first-order valence-electron chi connectivity index (χ1n) is 8.53. The molecule has 0 saturated heterocycles. The van der Waals surface area contributed by atoms with Crippen LogP contribution >= 0.6 is 11.6 Å². The first-order valence-corrected chi connectivity index (χ1v) is 10.4. The first-order chi connectivity index (χ1) is 14.2. The van der Waals surface area contributed by atoms with Crippen molar-refractivity contribution in [2.75, 3.05) is 5.84 Å². The van der Waals surface area contributed by atoms with Crippen molar-refractivity contribution >= 4 is 27.7 Å². The minimum Gasteiger partial charge on any atom is -0.335 e. The van der Waals surface area contributed by atoms with Gasteiger partial charge in [0, 0.05) is 12.1 Å². The van der Waals surface area contributed by atoms with Crippen LogP contribution in [0.4, 0.5) is 13.2 Å². The molecule has 4 N–H and O–H groups in total. The summed E-state index contributed by atoms with van der Waals surface area (Å²) in [6.07, 6.45) is -4.62. The van der Waals surface area contributed by atoms with Gasteiger partial charge in [0.1, 0.15) is 0 Å². The van der Waals surface area contributed by atoms with Crippen LogP contribution in [0.2, 0.25) is 5.02 Å². The van der Waals surface area contributed by atoms with E-state index in [1.54, 1.807) is 18.6 Å². The zero-order chi connectivity index (χ0) is 23.7. The Balaban J connectivity index is 2.54. The van der Waals surface area contributed by atoms with E-state index in [0.29, 0.717) is 6.42 Å². The third kappa shape index (κ3) is 5.45. The molecule has 0 fully saturated rings. The van der Waals surface area contributed by atoms with Gasteiger partial charge in [-0.1, -0.05) is 18.5 Å². The molecular weight excluding hydrogens is 467 g/mol. The minimum absolute atomic E-state index is 0.107. The number of amides is 1. The van der Waals surface area contributed by atoms with E-state index in [1.165, 1.54) is 0 Å². The van der Waals surface area contributed by atoms with Gasteiger partial charge in [-0.3, -0.25) is 9.59 Å². The normalized spacial score (nSPS) is 13.1. The molecular formula is C16H17ClF3N5O5S. The van der Waals surface area contributed by atoms with Crippen LogP contribution in [0, 0.1) is 0 Å². The van der Waals surface area contributed by atoms with Gasteiger partial charge in [0.05, 0.1) is 16.3 Å². The molecule has 0 aliphatic rings. The van der Waals surface area contributed by atoms with Gasteiger partial charge >= 0.3 is 22.1 Å². The smallest absolute Gasteiger partial charge is 0.335 e. The van der Waals surface area contributed by atoms with Crippen LogP contribution in [0.5, 0.6) is 0 Å². The molecule has 0 spiro atoms. The third-order valence-corrected chi connectivity index (χ3v) is 5.57. The van der Waals surface area contributed by atoms with Crippen LogP contribution in [-0.4, -0.2) is 29.6 Å². The number of rotatable bonds is 6. The summed E-state index contributed by atoms with van der Waals surface area (Å²) in [7, 11) is -4.27. The zero-order valence-electron chi connectivity index (χ0n) is 16.0. The molecule has 0 aliphatic carbocycles. The Labute approximate surface area is 178 Å². The lowest BCUT2D eigenvalue weighted by Gasteiger charge is -2.15. The number of nitrogens with zero attached hydrogens (tertiary/aromatic N) is 2. The molecule has 10 nitrogen and oxygen atoms in total. The third-order valence-electron chi connectivity index (χ3n) is 4.08. The van der Waals surface area contributed by atoms with E-state index in [0.717, 1.165) is 18.2 Å². The molecule has 2 aromatic rings. The lowest BCUT2D eigenvalue weighted by Crippen LogP contribution is -2.45. The first kappa shape index (κ1) is 24.4. The van der Waals surface area contributed by atoms with Gasteiger partial charge in [-0.15, -0.1) is 0 Å². The van der Waals surface area contributed by atoms with Crippen molar-refractivity contribution in [1.82, 2.24) is 18.7 Å². The van der Waals surface area contributed by atoms with E-state index in [-0.39, 0.29) is 26.0 Å². The number of hydrogen-bond acceptors (Lipinski definition) is 6. The number of nitrogens with one attached hydrogen (secondary N) is 2. The van der Waals surface area contributed by atoms with Crippen LogP contribution in [0.15, 0.2) is 33.9 Å². The highest BCUT2D eigenvalue weighted by Gasteiger charge is 2.35. The number of alkyl halides is 3. The summed E-state index contributed by atoms with van der Waals surface area (Å²) >= 11 is 5.92. The lowest BCUT2D eigenvalue weighted by atomic mass is 10.2. The summed E-state index contributed by atoms with van der Waals surface area (Å²) in [4.78, 5) is 36.8. The fraction of sp³-hybridized carbons (Fsp3) is 0.312. The Morgan fingerprint density at radius 3 is 2.42 bits per heavy atom. The SMILES string of the molecule is CCC(C)NS(=O)(=O)NC(=O)c1cc(-n2c(=O)cc(C(F)(F)F)n(N)c2=O)ccc1Cl. The monoisotopic (exact) mass is 483 g/mol. The van der Waals surface area contributed by atoms with Crippen molar-refractivity contribution in [3.05, 3.63) is 61.4 Å². The number of hydrogen-bond donors (Lipinski definition) is 3. The predicted octanol–water partition coefficient (Wildman–Crippen LogP) is 0.748. The van der Waals surface area contributed by atoms with E-state index >= 15 is 0 Å². The molecule has 15 heteroatoms. The summed E-state index contributed by atoms with van der Waals surface area (Å²) in [5, 5.41) is -0.243. The molecule has 1 heterocycles. The molecule has 0 radical (unpaired) electrons. The van der Waals surface area contributed by atoms with Crippen molar-refractivity contribution < 1.29 is 26.4 Å². The highest BCUT2D eigenvalue weighted by atomic mass is 35.5. The number of nitrogens with two attached hydrogens (primary N) is 1. The molecule has 170 valence electrons. The molecule has 1 amide bonds. The van der Waals surface area contributed by atoms with Crippen LogP contribution in [0.1, 0.15) is 36.3 Å². The van der Waals surface area contributed by atoms with Crippen molar-refractivity contribution in [3.63, 3.8) is 0 Å². The number of nitrogen functional groups attached to an aromatic ring is 1. The molecule has 2 rings (SSSR count). The zero-order valence-corrected chi connectivity index (χ0v) is 17.6. The van der Waals surface area contributed by atoms with Gasteiger partial charge in [0.15, 0.2) is 5.69 Å². The van der Waals surface area contributed by atoms with Gasteiger partial charge in [-0.2, -0.15) is 26.3 Å². The fourth-order valence-corrected chi connectivity index (χ4v) is 3.71. The average Bonchev–Trinajstić information content (AvgIpc) is 2.64. The quantitative estimate of drug-likeness (QED) is 0.517. The minimum atomic E-state index is -5.06. The second-order valence-electron chi connectivity index (χ2n) is 6.38. The number of carbonyl (C=O) groups is 1. The molecule has 31 heavy (non-hydrogen) atoms. The van der Waals surface area contributed by atoms with Gasteiger partial charge < -0.3 is 5.84 Å². The number of aromatic nitrogens is 2. The van der Waals surface area contributed by atoms with Crippen molar-refractivity contribution in [1.29, 1.82) is 0 Å². The van der Waals surface area contributed by atoms with E-state index in [1.807, 2.05) is 0 Å². The second kappa shape index (κ2) is 8.72. The summed E-state index contributed by atoms with van der Waals surface area (Å²) in [6.45, 7) is 3.27. The topological polar surface area (TPSA) is 145 Å². The maximum absolute atomic E-state index is 12.9. The van der Waals surface area contributed by atoms with Crippen LogP contribution in [0.25, 0.3) is 5.69 Å². The van der Waals surface area contributed by atoms with Crippen LogP contribution in [-0.2, 0) is 16.4 Å². The molecule has 0 saturated carbocycles. The lowest BCUT2D eigenvalue weighted by molar-refractivity contribution is -0.143. The average molecular weight is 484 g/mol. The Morgan fingerprint density at radius 2 is 1.87 bits per heavy atom. The van der Waals surface area contributed by atoms with E-state index in [9.17, 15) is 36.0 Å². The molecule has 0 aliphatic heterocycles. The molecule has 1 aromatic heterocycles. The number of benzene rings is 1. The predicted molar refractivity (Wildman–Crippen MR) is 106 cm³/mol. The number of halogens is 4. The van der Waals surface area contributed by atoms with Crippen LogP contribution < -0.4 is 26.5 Å². The summed E-state index contributed by atoms with van der Waals surface area (Å²) in [5.41, 5.74) is -5.40. The summed E-state index contributed by atoms with van der Waals surface area (Å²) in [6, 6.07) is 2.62. The number of carbonyl (C=O) groups excluding carboxylic acids is 1. The Hall–Kier alpha value is -2.84. The summed E-state index contributed by atoms with van der Waals surface area (Å²) in [5.74, 6) is 3.98. The summed E-state index contributed by atoms with van der Waals surface area (Å²) < 4.78 is 66.7. The van der Waals surface area contributed by atoms with Gasteiger partial charge in [-0.05, 0) is 31.5 Å². The molecule has 1 aromatic carbocycles. The van der Waals surface area contributed by atoms with Crippen molar-refractivity contribution in [3.8, 4) is 5.69 Å². The largest absolute Gasteiger partial charge is 0.433 e. The standard InChI is InChI=1S/C16H17ClF3N5O5S/c1-3-8(2)22-31(29,30)23-14(27)10-6-9(4-5-11(10)17)24-13(26)7-12(16(18,19)20)25(21)15(24)28/h4-8,22H,3,21H2,1-2H3,(H,23,27).